The lowest BCUT2D eigenvalue weighted by atomic mass is 10.0. The Bertz CT molecular complexity index is 297. The molecular weight excluding hydrogens is 212 g/mol. The Morgan fingerprint density at radius 3 is 2.25 bits per heavy atom. The van der Waals surface area contributed by atoms with Gasteiger partial charge in [0.1, 0.15) is 6.10 Å². The Hall–Kier alpha value is -1.10. The van der Waals surface area contributed by atoms with Gasteiger partial charge in [-0.3, -0.25) is 9.59 Å². The van der Waals surface area contributed by atoms with Crippen molar-refractivity contribution >= 4 is 11.9 Å². The number of hydrogen-bond donors (Lipinski definition) is 0. The van der Waals surface area contributed by atoms with E-state index in [1.807, 2.05) is 6.92 Å². The van der Waals surface area contributed by atoms with Crippen LogP contribution >= 0.6 is 0 Å². The fourth-order valence-electron chi connectivity index (χ4n) is 2.26. The van der Waals surface area contributed by atoms with Gasteiger partial charge in [0, 0.05) is 19.8 Å². The van der Waals surface area contributed by atoms with Gasteiger partial charge < -0.3 is 14.2 Å². The predicted molar refractivity (Wildman–Crippen MR) is 53.6 cm³/mol. The molecule has 1 aliphatic heterocycles. The Balaban J connectivity index is 2.08. The molecule has 1 saturated heterocycles. The van der Waals surface area contributed by atoms with Crippen molar-refractivity contribution in [1.29, 1.82) is 0 Å². The Kier molecular flexibility index (Phi) is 2.88. The number of carbonyl (C=O) groups excluding carboxylic acids is 2. The Morgan fingerprint density at radius 1 is 1.12 bits per heavy atom. The van der Waals surface area contributed by atoms with Crippen molar-refractivity contribution in [3.63, 3.8) is 0 Å². The number of fused-ring (bicyclic) bond motifs is 1. The minimum Gasteiger partial charge on any atom is -0.458 e. The summed E-state index contributed by atoms with van der Waals surface area (Å²) in [5, 5.41) is 0. The Morgan fingerprint density at radius 2 is 1.69 bits per heavy atom. The largest absolute Gasteiger partial charge is 0.458 e. The minimum absolute atomic E-state index is 0.158. The predicted octanol–water partition coefficient (Wildman–Crippen LogP) is 0.657. The van der Waals surface area contributed by atoms with Gasteiger partial charge in [-0.1, -0.05) is 0 Å². The summed E-state index contributed by atoms with van der Waals surface area (Å²) >= 11 is 0. The van der Waals surface area contributed by atoms with Gasteiger partial charge in [-0.15, -0.1) is 0 Å². The highest BCUT2D eigenvalue weighted by molar-refractivity contribution is 5.67. The van der Waals surface area contributed by atoms with Gasteiger partial charge >= 0.3 is 11.9 Å². The van der Waals surface area contributed by atoms with Crippen molar-refractivity contribution in [1.82, 2.24) is 0 Å². The summed E-state index contributed by atoms with van der Waals surface area (Å²) in [7, 11) is 0. The summed E-state index contributed by atoms with van der Waals surface area (Å²) in [5.41, 5.74) is 0. The third kappa shape index (κ3) is 2.19. The number of carbonyl (C=O) groups is 2. The van der Waals surface area contributed by atoms with E-state index in [2.05, 4.69) is 0 Å². The highest BCUT2D eigenvalue weighted by Crippen LogP contribution is 2.45. The lowest BCUT2D eigenvalue weighted by Gasteiger charge is -2.34. The van der Waals surface area contributed by atoms with Gasteiger partial charge in [-0.25, -0.2) is 0 Å². The molecule has 1 heterocycles. The lowest BCUT2D eigenvalue weighted by Crippen LogP contribution is -2.48. The molecule has 0 spiro atoms. The lowest BCUT2D eigenvalue weighted by molar-refractivity contribution is -0.192. The second kappa shape index (κ2) is 4.05. The first-order valence-corrected chi connectivity index (χ1v) is 5.49. The number of ether oxygens (including phenoxy) is 3. The molecule has 1 saturated carbocycles. The molecule has 0 N–H and O–H groups in total. The molecule has 0 unspecified atom stereocenters. The number of hydrogen-bond acceptors (Lipinski definition) is 5. The van der Waals surface area contributed by atoms with Crippen LogP contribution in [0.5, 0.6) is 0 Å². The van der Waals surface area contributed by atoms with Gasteiger partial charge in [0.15, 0.2) is 6.10 Å². The third-order valence-electron chi connectivity index (χ3n) is 2.98. The standard InChI is InChI=1S/C11H16O5/c1-5-10(15-6(2)12)11(16-7(3)13)8-4-9(8)14-5/h5,8-11H,4H2,1-3H3/t5-,8-,9+,10-,11-/m0/s1. The van der Waals surface area contributed by atoms with E-state index in [0.717, 1.165) is 6.42 Å². The summed E-state index contributed by atoms with van der Waals surface area (Å²) in [4.78, 5) is 22.0. The first-order valence-electron chi connectivity index (χ1n) is 5.49. The van der Waals surface area contributed by atoms with Crippen LogP contribution in [0.1, 0.15) is 27.2 Å². The zero-order chi connectivity index (χ0) is 11.9. The number of rotatable bonds is 2. The maximum atomic E-state index is 11.0. The molecule has 5 heteroatoms. The van der Waals surface area contributed by atoms with E-state index in [1.54, 1.807) is 0 Å². The molecule has 5 nitrogen and oxygen atoms in total. The van der Waals surface area contributed by atoms with Crippen LogP contribution in [0.4, 0.5) is 0 Å². The molecule has 0 aromatic rings. The van der Waals surface area contributed by atoms with Crippen LogP contribution in [0.25, 0.3) is 0 Å². The summed E-state index contributed by atoms with van der Waals surface area (Å²) in [6.07, 6.45) is -0.0245. The van der Waals surface area contributed by atoms with Crippen LogP contribution < -0.4 is 0 Å². The van der Waals surface area contributed by atoms with E-state index in [0.29, 0.717) is 0 Å². The van der Waals surface area contributed by atoms with Crippen molar-refractivity contribution in [3.05, 3.63) is 0 Å². The van der Waals surface area contributed by atoms with Gasteiger partial charge in [0.2, 0.25) is 0 Å². The van der Waals surface area contributed by atoms with E-state index in [1.165, 1.54) is 13.8 Å². The Labute approximate surface area is 94.0 Å². The zero-order valence-electron chi connectivity index (χ0n) is 9.64. The molecule has 2 fully saturated rings. The van der Waals surface area contributed by atoms with Crippen LogP contribution in [0.3, 0.4) is 0 Å². The summed E-state index contributed by atoms with van der Waals surface area (Å²) in [6.45, 7) is 4.54. The van der Waals surface area contributed by atoms with Crippen LogP contribution in [-0.4, -0.2) is 36.4 Å². The normalized spacial score (nSPS) is 40.8. The maximum Gasteiger partial charge on any atom is 0.303 e. The first-order chi connectivity index (χ1) is 7.49. The van der Waals surface area contributed by atoms with Gasteiger partial charge in [0.05, 0.1) is 12.2 Å². The van der Waals surface area contributed by atoms with Gasteiger partial charge in [0.25, 0.3) is 0 Å². The van der Waals surface area contributed by atoms with E-state index >= 15 is 0 Å². The molecule has 0 bridgehead atoms. The molecule has 0 amide bonds. The van der Waals surface area contributed by atoms with Crippen LogP contribution in [0.15, 0.2) is 0 Å². The van der Waals surface area contributed by atoms with Gasteiger partial charge in [-0.2, -0.15) is 0 Å². The molecular formula is C11H16O5. The van der Waals surface area contributed by atoms with E-state index in [9.17, 15) is 9.59 Å². The molecule has 2 rings (SSSR count). The number of esters is 2. The second-order valence-electron chi connectivity index (χ2n) is 4.43. The quantitative estimate of drug-likeness (QED) is 0.650. The van der Waals surface area contributed by atoms with E-state index < -0.39 is 6.10 Å². The average Bonchev–Trinajstić information content (AvgIpc) is 2.88. The van der Waals surface area contributed by atoms with Crippen LogP contribution in [0.2, 0.25) is 0 Å². The van der Waals surface area contributed by atoms with Crippen molar-refractivity contribution in [2.24, 2.45) is 5.92 Å². The topological polar surface area (TPSA) is 61.8 Å². The van der Waals surface area contributed by atoms with Gasteiger partial charge in [-0.05, 0) is 13.3 Å². The fraction of sp³-hybridized carbons (Fsp3) is 0.818. The zero-order valence-corrected chi connectivity index (χ0v) is 9.64. The first kappa shape index (κ1) is 11.4. The fourth-order valence-corrected chi connectivity index (χ4v) is 2.26. The highest BCUT2D eigenvalue weighted by Gasteiger charge is 2.56. The van der Waals surface area contributed by atoms with Crippen molar-refractivity contribution < 1.29 is 23.8 Å². The summed E-state index contributed by atoms with van der Waals surface area (Å²) in [6, 6.07) is 0. The monoisotopic (exact) mass is 228 g/mol. The molecule has 1 aliphatic carbocycles. The average molecular weight is 228 g/mol. The molecule has 90 valence electrons. The molecule has 0 aromatic heterocycles. The smallest absolute Gasteiger partial charge is 0.303 e. The molecule has 16 heavy (non-hydrogen) atoms. The van der Waals surface area contributed by atoms with E-state index in [-0.39, 0.29) is 36.2 Å². The van der Waals surface area contributed by atoms with Crippen LogP contribution in [0, 0.1) is 5.92 Å². The summed E-state index contributed by atoms with van der Waals surface area (Å²) in [5.74, 6) is -0.539. The SMILES string of the molecule is CC(=O)O[C@@H]1[C@@H](OC(C)=O)[C@H]2C[C@H]2O[C@H]1C. The maximum absolute atomic E-state index is 11.0. The second-order valence-corrected chi connectivity index (χ2v) is 4.43. The highest BCUT2D eigenvalue weighted by atomic mass is 16.6. The summed E-state index contributed by atoms with van der Waals surface area (Å²) < 4.78 is 16.0. The third-order valence-corrected chi connectivity index (χ3v) is 2.98. The van der Waals surface area contributed by atoms with Crippen LogP contribution in [-0.2, 0) is 23.8 Å². The molecule has 0 aromatic carbocycles. The van der Waals surface area contributed by atoms with E-state index in [4.69, 9.17) is 14.2 Å². The van der Waals surface area contributed by atoms with Crippen molar-refractivity contribution in [3.8, 4) is 0 Å². The minimum atomic E-state index is -0.481. The van der Waals surface area contributed by atoms with Crippen molar-refractivity contribution in [2.75, 3.05) is 0 Å². The van der Waals surface area contributed by atoms with Crippen molar-refractivity contribution in [2.45, 2.75) is 51.6 Å². The molecule has 2 aliphatic rings. The molecule has 0 radical (unpaired) electrons. The molecule has 5 atom stereocenters.